The van der Waals surface area contributed by atoms with E-state index in [1.807, 2.05) is 9.80 Å². The van der Waals surface area contributed by atoms with Crippen molar-refractivity contribution in [3.05, 3.63) is 23.8 Å². The van der Waals surface area contributed by atoms with Gasteiger partial charge in [-0.25, -0.2) is 0 Å². The number of carbonyl (C=O) groups excluding carboxylic acids is 2. The van der Waals surface area contributed by atoms with Crippen LogP contribution in [0.4, 0.5) is 0 Å². The average Bonchev–Trinajstić information content (AvgIpc) is 3.45. The van der Waals surface area contributed by atoms with Gasteiger partial charge in [0, 0.05) is 37.7 Å². The molecule has 3 fully saturated rings. The van der Waals surface area contributed by atoms with Crippen LogP contribution in [0.5, 0.6) is 11.5 Å². The summed E-state index contributed by atoms with van der Waals surface area (Å²) in [7, 11) is 3.13. The van der Waals surface area contributed by atoms with E-state index in [0.717, 1.165) is 32.4 Å². The lowest BCUT2D eigenvalue weighted by Crippen LogP contribution is -2.51. The van der Waals surface area contributed by atoms with Crippen molar-refractivity contribution in [3.8, 4) is 11.5 Å². The Labute approximate surface area is 178 Å². The summed E-state index contributed by atoms with van der Waals surface area (Å²) >= 11 is 0. The van der Waals surface area contributed by atoms with E-state index in [-0.39, 0.29) is 29.6 Å². The van der Waals surface area contributed by atoms with Crippen LogP contribution >= 0.6 is 12.4 Å². The standard InChI is InChI=1S/C21H29N3O4.ClH/c1-27-17-4-3-15(13-18(17)28-2)19(25)23-9-11-24(12-10-23)20(26)16-14-21(16)5-7-22-8-6-21;/h3-4,13,16,22H,5-12,14H2,1-2H3;1H. The maximum Gasteiger partial charge on any atom is 0.254 e. The maximum absolute atomic E-state index is 12.9. The Morgan fingerprint density at radius 2 is 1.62 bits per heavy atom. The molecule has 1 aromatic carbocycles. The van der Waals surface area contributed by atoms with Crippen molar-refractivity contribution < 1.29 is 19.1 Å². The fraction of sp³-hybridized carbons (Fsp3) is 0.619. The van der Waals surface area contributed by atoms with Crippen LogP contribution in [0.1, 0.15) is 29.6 Å². The molecule has 2 saturated heterocycles. The Morgan fingerprint density at radius 3 is 2.24 bits per heavy atom. The summed E-state index contributed by atoms with van der Waals surface area (Å²) in [4.78, 5) is 29.5. The van der Waals surface area contributed by atoms with E-state index < -0.39 is 0 Å². The van der Waals surface area contributed by atoms with Crippen molar-refractivity contribution in [2.75, 3.05) is 53.5 Å². The second-order valence-electron chi connectivity index (χ2n) is 8.06. The number of hydrogen-bond acceptors (Lipinski definition) is 5. The molecule has 160 valence electrons. The Morgan fingerprint density at radius 1 is 1.00 bits per heavy atom. The first kappa shape index (κ1) is 21.7. The molecule has 1 saturated carbocycles. The number of benzene rings is 1. The van der Waals surface area contributed by atoms with Gasteiger partial charge in [0.05, 0.1) is 14.2 Å². The molecule has 2 amide bonds. The van der Waals surface area contributed by atoms with E-state index in [0.29, 0.717) is 49.1 Å². The Bertz CT molecular complexity index is 758. The first-order valence-corrected chi connectivity index (χ1v) is 10.1. The van der Waals surface area contributed by atoms with Gasteiger partial charge in [0.25, 0.3) is 5.91 Å². The molecule has 1 aromatic rings. The van der Waals surface area contributed by atoms with Crippen molar-refractivity contribution in [1.29, 1.82) is 0 Å². The molecule has 3 aliphatic rings. The minimum atomic E-state index is -0.0331. The molecule has 0 bridgehead atoms. The van der Waals surface area contributed by atoms with Gasteiger partial charge < -0.3 is 24.6 Å². The summed E-state index contributed by atoms with van der Waals surface area (Å²) < 4.78 is 10.5. The third-order valence-corrected chi connectivity index (χ3v) is 6.60. The number of rotatable bonds is 4. The quantitative estimate of drug-likeness (QED) is 0.799. The molecule has 1 spiro atoms. The zero-order valence-corrected chi connectivity index (χ0v) is 17.9. The number of halogens is 1. The van der Waals surface area contributed by atoms with Crippen molar-refractivity contribution in [3.63, 3.8) is 0 Å². The number of nitrogens with zero attached hydrogens (tertiary/aromatic N) is 2. The summed E-state index contributed by atoms with van der Waals surface area (Å²) in [6, 6.07) is 5.22. The Balaban J connectivity index is 0.00000240. The molecule has 1 atom stereocenters. The predicted molar refractivity (Wildman–Crippen MR) is 112 cm³/mol. The normalized spacial score (nSPS) is 22.6. The molecule has 1 aliphatic carbocycles. The molecule has 2 aliphatic heterocycles. The van der Waals surface area contributed by atoms with Gasteiger partial charge in [0.15, 0.2) is 11.5 Å². The minimum Gasteiger partial charge on any atom is -0.493 e. The summed E-state index contributed by atoms with van der Waals surface area (Å²) in [5.41, 5.74) is 0.836. The summed E-state index contributed by atoms with van der Waals surface area (Å²) in [5, 5.41) is 3.38. The second kappa shape index (κ2) is 8.79. The van der Waals surface area contributed by atoms with Gasteiger partial charge in [0.1, 0.15) is 0 Å². The number of hydrogen-bond donors (Lipinski definition) is 1. The van der Waals surface area contributed by atoms with Crippen LogP contribution in [0.25, 0.3) is 0 Å². The van der Waals surface area contributed by atoms with Gasteiger partial charge in [-0.2, -0.15) is 0 Å². The third kappa shape index (κ3) is 4.16. The van der Waals surface area contributed by atoms with Gasteiger partial charge in [-0.15, -0.1) is 12.4 Å². The van der Waals surface area contributed by atoms with Crippen LogP contribution in [0.15, 0.2) is 18.2 Å². The van der Waals surface area contributed by atoms with Gasteiger partial charge in [-0.1, -0.05) is 0 Å². The van der Waals surface area contributed by atoms with Gasteiger partial charge in [-0.05, 0) is 56.0 Å². The lowest BCUT2D eigenvalue weighted by atomic mass is 9.91. The van der Waals surface area contributed by atoms with Crippen LogP contribution in [-0.2, 0) is 4.79 Å². The average molecular weight is 424 g/mol. The number of nitrogens with one attached hydrogen (secondary N) is 1. The van der Waals surface area contributed by atoms with Crippen LogP contribution in [0.2, 0.25) is 0 Å². The third-order valence-electron chi connectivity index (χ3n) is 6.60. The van der Waals surface area contributed by atoms with Crippen LogP contribution in [0.3, 0.4) is 0 Å². The van der Waals surface area contributed by atoms with E-state index in [9.17, 15) is 9.59 Å². The van der Waals surface area contributed by atoms with Crippen molar-refractivity contribution in [2.24, 2.45) is 11.3 Å². The number of carbonyl (C=O) groups is 2. The second-order valence-corrected chi connectivity index (χ2v) is 8.06. The van der Waals surface area contributed by atoms with E-state index in [1.165, 1.54) is 0 Å². The number of piperazine rings is 1. The molecule has 1 N–H and O–H groups in total. The molecule has 0 radical (unpaired) electrons. The van der Waals surface area contributed by atoms with Crippen molar-refractivity contribution in [1.82, 2.24) is 15.1 Å². The molecular formula is C21H30ClN3O4. The maximum atomic E-state index is 12.9. The molecule has 4 rings (SSSR count). The lowest BCUT2D eigenvalue weighted by Gasteiger charge is -2.35. The van der Waals surface area contributed by atoms with E-state index >= 15 is 0 Å². The monoisotopic (exact) mass is 423 g/mol. The Hall–Kier alpha value is -1.99. The predicted octanol–water partition coefficient (Wildman–Crippen LogP) is 1.80. The van der Waals surface area contributed by atoms with Crippen LogP contribution in [-0.4, -0.2) is 75.1 Å². The highest BCUT2D eigenvalue weighted by molar-refractivity contribution is 5.95. The Kier molecular flexibility index (Phi) is 6.58. The molecule has 29 heavy (non-hydrogen) atoms. The molecule has 2 heterocycles. The molecule has 0 aromatic heterocycles. The fourth-order valence-corrected chi connectivity index (χ4v) is 4.68. The highest BCUT2D eigenvalue weighted by Gasteiger charge is 2.58. The first-order valence-electron chi connectivity index (χ1n) is 10.1. The topological polar surface area (TPSA) is 71.1 Å². The highest BCUT2D eigenvalue weighted by Crippen LogP contribution is 2.59. The number of methoxy groups -OCH3 is 2. The number of piperidine rings is 1. The van der Waals surface area contributed by atoms with Crippen molar-refractivity contribution >= 4 is 24.2 Å². The number of ether oxygens (including phenoxy) is 2. The van der Waals surface area contributed by atoms with Crippen molar-refractivity contribution in [2.45, 2.75) is 19.3 Å². The van der Waals surface area contributed by atoms with Crippen LogP contribution < -0.4 is 14.8 Å². The molecular weight excluding hydrogens is 394 g/mol. The minimum absolute atomic E-state index is 0. The smallest absolute Gasteiger partial charge is 0.254 e. The molecule has 7 nitrogen and oxygen atoms in total. The molecule has 1 unspecified atom stereocenters. The highest BCUT2D eigenvalue weighted by atomic mass is 35.5. The number of amides is 2. The van der Waals surface area contributed by atoms with E-state index in [1.54, 1.807) is 32.4 Å². The van der Waals surface area contributed by atoms with Gasteiger partial charge in [-0.3, -0.25) is 9.59 Å². The zero-order chi connectivity index (χ0) is 19.7. The van der Waals surface area contributed by atoms with E-state index in [4.69, 9.17) is 9.47 Å². The van der Waals surface area contributed by atoms with Gasteiger partial charge in [0.2, 0.25) is 5.91 Å². The van der Waals surface area contributed by atoms with E-state index in [2.05, 4.69) is 5.32 Å². The summed E-state index contributed by atoms with van der Waals surface area (Å²) in [6.45, 7) is 4.42. The lowest BCUT2D eigenvalue weighted by molar-refractivity contribution is -0.135. The fourth-order valence-electron chi connectivity index (χ4n) is 4.68. The SMILES string of the molecule is COc1ccc(C(=O)N2CCN(C(=O)C3CC34CCNCC4)CC2)cc1OC.Cl. The first-order chi connectivity index (χ1) is 13.6. The summed E-state index contributed by atoms with van der Waals surface area (Å²) in [6.07, 6.45) is 3.26. The molecule has 8 heteroatoms. The largest absolute Gasteiger partial charge is 0.493 e. The van der Waals surface area contributed by atoms with Gasteiger partial charge >= 0.3 is 0 Å². The summed E-state index contributed by atoms with van der Waals surface area (Å²) in [5.74, 6) is 1.60. The van der Waals surface area contributed by atoms with Crippen LogP contribution in [0, 0.1) is 11.3 Å². The zero-order valence-electron chi connectivity index (χ0n) is 17.1.